The van der Waals surface area contributed by atoms with Gasteiger partial charge in [-0.3, -0.25) is 4.79 Å². The van der Waals surface area contributed by atoms with Gasteiger partial charge in [0, 0.05) is 18.7 Å². The molecule has 0 unspecified atom stereocenters. The van der Waals surface area contributed by atoms with Gasteiger partial charge in [-0.25, -0.2) is 9.37 Å². The largest absolute Gasteiger partial charge is 0.370 e. The molecule has 0 atom stereocenters. The standard InChI is InChI=1S/C16H16FN3O/c17-13-5-3-12(4-6-13)16(21)19-15-8-7-14(11-18-15)20-9-1-2-10-20/h3-8,11H,1-2,9-10H2,(H,18,19,21). The zero-order chi connectivity index (χ0) is 14.7. The van der Waals surface area contributed by atoms with Crippen LogP contribution in [-0.4, -0.2) is 24.0 Å². The molecule has 0 saturated carbocycles. The van der Waals surface area contributed by atoms with Gasteiger partial charge in [-0.15, -0.1) is 0 Å². The molecule has 4 nitrogen and oxygen atoms in total. The van der Waals surface area contributed by atoms with Gasteiger partial charge in [-0.1, -0.05) is 0 Å². The fourth-order valence-electron chi connectivity index (χ4n) is 2.41. The molecule has 1 aliphatic heterocycles. The summed E-state index contributed by atoms with van der Waals surface area (Å²) in [5.41, 5.74) is 1.48. The lowest BCUT2D eigenvalue weighted by Crippen LogP contribution is -2.18. The summed E-state index contributed by atoms with van der Waals surface area (Å²) in [6.45, 7) is 2.12. The van der Waals surface area contributed by atoms with Crippen LogP contribution in [0.5, 0.6) is 0 Å². The van der Waals surface area contributed by atoms with Crippen molar-refractivity contribution < 1.29 is 9.18 Å². The second-order valence-electron chi connectivity index (χ2n) is 5.06. The van der Waals surface area contributed by atoms with Gasteiger partial charge in [0.2, 0.25) is 0 Å². The fraction of sp³-hybridized carbons (Fsp3) is 0.250. The molecule has 1 fully saturated rings. The Hall–Kier alpha value is -2.43. The van der Waals surface area contributed by atoms with E-state index in [1.165, 1.54) is 37.1 Å². The normalized spacial score (nSPS) is 14.2. The first-order valence-electron chi connectivity index (χ1n) is 7.00. The summed E-state index contributed by atoms with van der Waals surface area (Å²) in [7, 11) is 0. The summed E-state index contributed by atoms with van der Waals surface area (Å²) in [4.78, 5) is 18.5. The van der Waals surface area contributed by atoms with E-state index in [2.05, 4.69) is 15.2 Å². The van der Waals surface area contributed by atoms with Crippen molar-refractivity contribution in [3.63, 3.8) is 0 Å². The molecule has 108 valence electrons. The van der Waals surface area contributed by atoms with E-state index in [-0.39, 0.29) is 11.7 Å². The third-order valence-corrected chi connectivity index (χ3v) is 3.57. The maximum Gasteiger partial charge on any atom is 0.256 e. The van der Waals surface area contributed by atoms with Crippen molar-refractivity contribution in [2.75, 3.05) is 23.3 Å². The highest BCUT2D eigenvalue weighted by atomic mass is 19.1. The molecule has 2 heterocycles. The first-order valence-corrected chi connectivity index (χ1v) is 7.00. The Morgan fingerprint density at radius 1 is 1.10 bits per heavy atom. The number of nitrogens with zero attached hydrogens (tertiary/aromatic N) is 2. The number of anilines is 2. The van der Waals surface area contributed by atoms with E-state index < -0.39 is 0 Å². The van der Waals surface area contributed by atoms with Crippen LogP contribution in [0.4, 0.5) is 15.9 Å². The lowest BCUT2D eigenvalue weighted by molar-refractivity contribution is 0.102. The van der Waals surface area contributed by atoms with Crippen LogP contribution in [0.3, 0.4) is 0 Å². The summed E-state index contributed by atoms with van der Waals surface area (Å²) in [6, 6.07) is 9.16. The minimum atomic E-state index is -0.361. The third-order valence-electron chi connectivity index (χ3n) is 3.57. The van der Waals surface area contributed by atoms with Crippen molar-refractivity contribution in [2.45, 2.75) is 12.8 Å². The Labute approximate surface area is 122 Å². The molecule has 0 spiro atoms. The number of rotatable bonds is 3. The Kier molecular flexibility index (Phi) is 3.81. The number of carbonyl (C=O) groups is 1. The van der Waals surface area contributed by atoms with Crippen molar-refractivity contribution >= 4 is 17.4 Å². The van der Waals surface area contributed by atoms with Crippen molar-refractivity contribution in [1.29, 1.82) is 0 Å². The smallest absolute Gasteiger partial charge is 0.256 e. The van der Waals surface area contributed by atoms with Crippen LogP contribution in [0.15, 0.2) is 42.6 Å². The minimum Gasteiger partial charge on any atom is -0.370 e. The molecule has 2 aromatic rings. The van der Waals surface area contributed by atoms with E-state index in [0.717, 1.165) is 18.8 Å². The summed E-state index contributed by atoms with van der Waals surface area (Å²) >= 11 is 0. The van der Waals surface area contributed by atoms with Gasteiger partial charge in [0.25, 0.3) is 5.91 Å². The Morgan fingerprint density at radius 2 is 1.81 bits per heavy atom. The summed E-state index contributed by atoms with van der Waals surface area (Å²) in [6.07, 6.45) is 4.19. The highest BCUT2D eigenvalue weighted by molar-refractivity contribution is 6.03. The van der Waals surface area contributed by atoms with Gasteiger partial charge in [0.1, 0.15) is 11.6 Å². The Bertz CT molecular complexity index is 619. The van der Waals surface area contributed by atoms with Gasteiger partial charge in [0.05, 0.1) is 11.9 Å². The molecule has 1 N–H and O–H groups in total. The predicted molar refractivity (Wildman–Crippen MR) is 80.0 cm³/mol. The second-order valence-corrected chi connectivity index (χ2v) is 5.06. The average Bonchev–Trinajstić information content (AvgIpc) is 3.03. The highest BCUT2D eigenvalue weighted by Gasteiger charge is 2.13. The molecular formula is C16H16FN3O. The van der Waals surface area contributed by atoms with Crippen LogP contribution in [0, 0.1) is 5.82 Å². The quantitative estimate of drug-likeness (QED) is 0.942. The van der Waals surface area contributed by atoms with E-state index in [1.807, 2.05) is 6.07 Å². The summed E-state index contributed by atoms with van der Waals surface area (Å²) in [5.74, 6) is -0.164. The van der Waals surface area contributed by atoms with Crippen molar-refractivity contribution in [1.82, 2.24) is 4.98 Å². The van der Waals surface area contributed by atoms with E-state index in [9.17, 15) is 9.18 Å². The number of benzene rings is 1. The number of nitrogens with one attached hydrogen (secondary N) is 1. The van der Waals surface area contributed by atoms with E-state index in [1.54, 1.807) is 12.3 Å². The van der Waals surface area contributed by atoms with Crippen molar-refractivity contribution in [3.05, 3.63) is 54.0 Å². The summed E-state index contributed by atoms with van der Waals surface area (Å²) < 4.78 is 12.8. The highest BCUT2D eigenvalue weighted by Crippen LogP contribution is 2.20. The molecule has 1 aliphatic rings. The van der Waals surface area contributed by atoms with Gasteiger partial charge < -0.3 is 10.2 Å². The van der Waals surface area contributed by atoms with E-state index in [0.29, 0.717) is 11.4 Å². The van der Waals surface area contributed by atoms with Crippen LogP contribution in [0.1, 0.15) is 23.2 Å². The van der Waals surface area contributed by atoms with Crippen LogP contribution < -0.4 is 10.2 Å². The Balaban J connectivity index is 1.67. The van der Waals surface area contributed by atoms with E-state index in [4.69, 9.17) is 0 Å². The molecule has 5 heteroatoms. The fourth-order valence-corrected chi connectivity index (χ4v) is 2.41. The molecule has 3 rings (SSSR count). The molecule has 0 bridgehead atoms. The molecule has 1 aromatic carbocycles. The molecule has 1 aromatic heterocycles. The lowest BCUT2D eigenvalue weighted by atomic mass is 10.2. The number of halogens is 1. The van der Waals surface area contributed by atoms with Crippen molar-refractivity contribution in [2.24, 2.45) is 0 Å². The first kappa shape index (κ1) is 13.5. The number of hydrogen-bond acceptors (Lipinski definition) is 3. The van der Waals surface area contributed by atoms with Gasteiger partial charge in [0.15, 0.2) is 0 Å². The van der Waals surface area contributed by atoms with Crippen LogP contribution in [-0.2, 0) is 0 Å². The van der Waals surface area contributed by atoms with Crippen LogP contribution >= 0.6 is 0 Å². The average molecular weight is 285 g/mol. The molecule has 0 radical (unpaired) electrons. The number of pyridine rings is 1. The number of hydrogen-bond donors (Lipinski definition) is 1. The molecule has 1 saturated heterocycles. The molecule has 21 heavy (non-hydrogen) atoms. The molecule has 0 aliphatic carbocycles. The maximum atomic E-state index is 12.8. The third kappa shape index (κ3) is 3.18. The monoisotopic (exact) mass is 285 g/mol. The van der Waals surface area contributed by atoms with Crippen LogP contribution in [0.25, 0.3) is 0 Å². The maximum absolute atomic E-state index is 12.8. The lowest BCUT2D eigenvalue weighted by Gasteiger charge is -2.17. The van der Waals surface area contributed by atoms with E-state index >= 15 is 0 Å². The first-order chi connectivity index (χ1) is 10.2. The second kappa shape index (κ2) is 5.91. The number of amides is 1. The van der Waals surface area contributed by atoms with Gasteiger partial charge >= 0.3 is 0 Å². The predicted octanol–water partition coefficient (Wildman–Crippen LogP) is 3.07. The molecule has 1 amide bonds. The van der Waals surface area contributed by atoms with Gasteiger partial charge in [-0.05, 0) is 49.2 Å². The van der Waals surface area contributed by atoms with Gasteiger partial charge in [-0.2, -0.15) is 0 Å². The zero-order valence-electron chi connectivity index (χ0n) is 11.6. The molecular weight excluding hydrogens is 269 g/mol. The minimum absolute atomic E-state index is 0.295. The summed E-state index contributed by atoms with van der Waals surface area (Å²) in [5, 5.41) is 2.70. The zero-order valence-corrected chi connectivity index (χ0v) is 11.6. The number of carbonyl (C=O) groups excluding carboxylic acids is 1. The Morgan fingerprint density at radius 3 is 2.43 bits per heavy atom. The topological polar surface area (TPSA) is 45.2 Å². The van der Waals surface area contributed by atoms with Crippen LogP contribution in [0.2, 0.25) is 0 Å². The number of aromatic nitrogens is 1. The van der Waals surface area contributed by atoms with Crippen molar-refractivity contribution in [3.8, 4) is 0 Å². The SMILES string of the molecule is O=C(Nc1ccc(N2CCCC2)cn1)c1ccc(F)cc1.